The van der Waals surface area contributed by atoms with Crippen LogP contribution >= 0.6 is 11.8 Å². The van der Waals surface area contributed by atoms with E-state index in [2.05, 4.69) is 57.4 Å². The summed E-state index contributed by atoms with van der Waals surface area (Å²) in [5.74, 6) is 6.68. The van der Waals surface area contributed by atoms with Crippen LogP contribution in [0.25, 0.3) is 0 Å². The Bertz CT molecular complexity index is 341. The van der Waals surface area contributed by atoms with Crippen molar-refractivity contribution in [1.29, 1.82) is 0 Å². The molecule has 3 heteroatoms. The van der Waals surface area contributed by atoms with Gasteiger partial charge in [0.15, 0.2) is 0 Å². The van der Waals surface area contributed by atoms with E-state index >= 15 is 0 Å². The van der Waals surface area contributed by atoms with E-state index in [1.165, 1.54) is 11.1 Å². The molecule has 0 aliphatic carbocycles. The Labute approximate surface area is 116 Å². The maximum atomic E-state index is 5.64. The molecule has 0 aliphatic rings. The summed E-state index contributed by atoms with van der Waals surface area (Å²) in [5, 5.41) is 0. The monoisotopic (exact) mass is 266 g/mol. The third-order valence-electron chi connectivity index (χ3n) is 2.87. The number of hydrazine groups is 1. The van der Waals surface area contributed by atoms with Crippen LogP contribution in [-0.2, 0) is 12.8 Å². The SMILES string of the molecule is CCc1ccc(CC(CSC(C)(C)C)NN)cc1. The number of rotatable bonds is 6. The molecule has 0 spiro atoms. The van der Waals surface area contributed by atoms with Gasteiger partial charge in [0, 0.05) is 16.5 Å². The zero-order chi connectivity index (χ0) is 13.6. The van der Waals surface area contributed by atoms with Crippen LogP contribution in [0.15, 0.2) is 24.3 Å². The molecule has 0 bridgehead atoms. The summed E-state index contributed by atoms with van der Waals surface area (Å²) in [6.45, 7) is 8.89. The summed E-state index contributed by atoms with van der Waals surface area (Å²) in [5.41, 5.74) is 5.67. The van der Waals surface area contributed by atoms with Crippen molar-refractivity contribution in [2.24, 2.45) is 5.84 Å². The predicted molar refractivity (Wildman–Crippen MR) is 82.8 cm³/mol. The summed E-state index contributed by atoms with van der Waals surface area (Å²) in [6, 6.07) is 9.18. The van der Waals surface area contributed by atoms with Crippen molar-refractivity contribution >= 4 is 11.8 Å². The molecular weight excluding hydrogens is 240 g/mol. The molecule has 1 aromatic carbocycles. The molecule has 0 saturated carbocycles. The van der Waals surface area contributed by atoms with Crippen LogP contribution in [0.5, 0.6) is 0 Å². The summed E-state index contributed by atoms with van der Waals surface area (Å²) >= 11 is 1.95. The van der Waals surface area contributed by atoms with Crippen LogP contribution in [0.1, 0.15) is 38.8 Å². The van der Waals surface area contributed by atoms with E-state index in [0.717, 1.165) is 18.6 Å². The average Bonchev–Trinajstić information content (AvgIpc) is 2.34. The van der Waals surface area contributed by atoms with Crippen LogP contribution in [0.4, 0.5) is 0 Å². The highest BCUT2D eigenvalue weighted by molar-refractivity contribution is 8.00. The lowest BCUT2D eigenvalue weighted by atomic mass is 10.0. The normalized spacial score (nSPS) is 13.6. The number of hydrogen-bond donors (Lipinski definition) is 2. The van der Waals surface area contributed by atoms with Gasteiger partial charge in [-0.1, -0.05) is 52.0 Å². The number of nitrogens with one attached hydrogen (secondary N) is 1. The lowest BCUT2D eigenvalue weighted by Gasteiger charge is -2.22. The van der Waals surface area contributed by atoms with Crippen LogP contribution < -0.4 is 11.3 Å². The first-order valence-corrected chi connectivity index (χ1v) is 7.61. The summed E-state index contributed by atoms with van der Waals surface area (Å²) in [7, 11) is 0. The van der Waals surface area contributed by atoms with E-state index in [0.29, 0.717) is 10.8 Å². The molecule has 0 aromatic heterocycles. The van der Waals surface area contributed by atoms with E-state index in [9.17, 15) is 0 Å². The Morgan fingerprint density at radius 3 is 2.17 bits per heavy atom. The molecule has 1 rings (SSSR count). The lowest BCUT2D eigenvalue weighted by molar-refractivity contribution is 0.573. The predicted octanol–water partition coefficient (Wildman–Crippen LogP) is 3.16. The Morgan fingerprint density at radius 1 is 1.17 bits per heavy atom. The zero-order valence-electron chi connectivity index (χ0n) is 12.0. The fraction of sp³-hybridized carbons (Fsp3) is 0.600. The standard InChI is InChI=1S/C15H26N2S/c1-5-12-6-8-13(9-7-12)10-14(17-16)11-18-15(2,3)4/h6-9,14,17H,5,10-11,16H2,1-4H3. The van der Waals surface area contributed by atoms with Gasteiger partial charge in [0.2, 0.25) is 0 Å². The minimum absolute atomic E-state index is 0.293. The van der Waals surface area contributed by atoms with E-state index < -0.39 is 0 Å². The summed E-state index contributed by atoms with van der Waals surface area (Å²) < 4.78 is 0.293. The van der Waals surface area contributed by atoms with E-state index in [-0.39, 0.29) is 0 Å². The van der Waals surface area contributed by atoms with Gasteiger partial charge in [0.1, 0.15) is 0 Å². The van der Waals surface area contributed by atoms with Gasteiger partial charge in [0.25, 0.3) is 0 Å². The van der Waals surface area contributed by atoms with Crippen molar-refractivity contribution in [3.05, 3.63) is 35.4 Å². The van der Waals surface area contributed by atoms with Crippen molar-refractivity contribution < 1.29 is 0 Å². The first kappa shape index (κ1) is 15.5. The maximum absolute atomic E-state index is 5.64. The molecule has 1 unspecified atom stereocenters. The van der Waals surface area contributed by atoms with Gasteiger partial charge in [-0.05, 0) is 24.0 Å². The minimum atomic E-state index is 0.293. The van der Waals surface area contributed by atoms with Gasteiger partial charge in [-0.25, -0.2) is 0 Å². The second-order valence-corrected chi connectivity index (χ2v) is 7.51. The highest BCUT2D eigenvalue weighted by atomic mass is 32.2. The van der Waals surface area contributed by atoms with Crippen LogP contribution in [0.3, 0.4) is 0 Å². The highest BCUT2D eigenvalue weighted by Gasteiger charge is 2.15. The molecule has 102 valence electrons. The molecule has 0 fully saturated rings. The largest absolute Gasteiger partial charge is 0.271 e. The first-order chi connectivity index (χ1) is 8.44. The quantitative estimate of drug-likeness (QED) is 0.613. The van der Waals surface area contributed by atoms with Crippen molar-refractivity contribution in [2.75, 3.05) is 5.75 Å². The Kier molecular flexibility index (Phi) is 6.19. The number of thioether (sulfide) groups is 1. The van der Waals surface area contributed by atoms with Crippen LogP contribution in [0, 0.1) is 0 Å². The van der Waals surface area contributed by atoms with E-state index in [1.54, 1.807) is 0 Å². The smallest absolute Gasteiger partial charge is 0.0341 e. The Balaban J connectivity index is 2.51. The van der Waals surface area contributed by atoms with Crippen molar-refractivity contribution in [3.63, 3.8) is 0 Å². The van der Waals surface area contributed by atoms with Gasteiger partial charge in [-0.15, -0.1) is 0 Å². The number of hydrogen-bond acceptors (Lipinski definition) is 3. The summed E-state index contributed by atoms with van der Waals surface area (Å²) in [4.78, 5) is 0. The van der Waals surface area contributed by atoms with Gasteiger partial charge in [-0.3, -0.25) is 11.3 Å². The fourth-order valence-electron chi connectivity index (χ4n) is 1.71. The van der Waals surface area contributed by atoms with Crippen molar-refractivity contribution in [3.8, 4) is 0 Å². The van der Waals surface area contributed by atoms with Crippen molar-refractivity contribution in [1.82, 2.24) is 5.43 Å². The molecule has 0 heterocycles. The highest BCUT2D eigenvalue weighted by Crippen LogP contribution is 2.24. The second-order valence-electron chi connectivity index (χ2n) is 5.66. The third kappa shape index (κ3) is 5.89. The fourth-order valence-corrected chi connectivity index (χ4v) is 2.63. The van der Waals surface area contributed by atoms with E-state index in [4.69, 9.17) is 5.84 Å². The minimum Gasteiger partial charge on any atom is -0.271 e. The zero-order valence-corrected chi connectivity index (χ0v) is 12.8. The number of aryl methyl sites for hydroxylation is 1. The molecule has 1 aromatic rings. The summed E-state index contributed by atoms with van der Waals surface area (Å²) in [6.07, 6.45) is 2.09. The molecule has 0 radical (unpaired) electrons. The molecule has 18 heavy (non-hydrogen) atoms. The van der Waals surface area contributed by atoms with Gasteiger partial charge in [0.05, 0.1) is 0 Å². The molecule has 0 saturated heterocycles. The lowest BCUT2D eigenvalue weighted by Crippen LogP contribution is -2.39. The molecule has 3 N–H and O–H groups in total. The maximum Gasteiger partial charge on any atom is 0.0341 e. The molecule has 0 aliphatic heterocycles. The van der Waals surface area contributed by atoms with Crippen LogP contribution in [0.2, 0.25) is 0 Å². The molecule has 0 amide bonds. The van der Waals surface area contributed by atoms with Gasteiger partial charge < -0.3 is 0 Å². The third-order valence-corrected chi connectivity index (χ3v) is 4.30. The Hall–Kier alpha value is -0.510. The number of nitrogens with two attached hydrogens (primary N) is 1. The number of benzene rings is 1. The first-order valence-electron chi connectivity index (χ1n) is 6.62. The van der Waals surface area contributed by atoms with E-state index in [1.807, 2.05) is 11.8 Å². The van der Waals surface area contributed by atoms with Gasteiger partial charge >= 0.3 is 0 Å². The molecular formula is C15H26N2S. The van der Waals surface area contributed by atoms with Crippen LogP contribution in [-0.4, -0.2) is 16.5 Å². The average molecular weight is 266 g/mol. The Morgan fingerprint density at radius 2 is 1.72 bits per heavy atom. The van der Waals surface area contributed by atoms with Gasteiger partial charge in [-0.2, -0.15) is 11.8 Å². The molecule has 2 nitrogen and oxygen atoms in total. The topological polar surface area (TPSA) is 38.0 Å². The van der Waals surface area contributed by atoms with Crippen molar-refractivity contribution in [2.45, 2.75) is 51.3 Å². The second kappa shape index (κ2) is 7.17. The molecule has 1 atom stereocenters.